The quantitative estimate of drug-likeness (QED) is 0.748. The van der Waals surface area contributed by atoms with Gasteiger partial charge in [0.15, 0.2) is 0 Å². The SMILES string of the molecule is Cc1nc(-c2ccccc2)sc1C(=O)Nc1cnc(N2CCOCC2)nc1. The van der Waals surface area contributed by atoms with E-state index in [4.69, 9.17) is 4.74 Å². The van der Waals surface area contributed by atoms with Crippen LogP contribution in [-0.2, 0) is 4.74 Å². The predicted molar refractivity (Wildman–Crippen MR) is 105 cm³/mol. The van der Waals surface area contributed by atoms with Gasteiger partial charge in [0, 0.05) is 18.7 Å². The number of nitrogens with zero attached hydrogens (tertiary/aromatic N) is 4. The summed E-state index contributed by atoms with van der Waals surface area (Å²) in [4.78, 5) is 28.5. The third-order valence-electron chi connectivity index (χ3n) is 4.21. The van der Waals surface area contributed by atoms with Crippen molar-refractivity contribution in [3.05, 3.63) is 53.3 Å². The maximum Gasteiger partial charge on any atom is 0.267 e. The number of nitrogens with one attached hydrogen (secondary N) is 1. The fraction of sp³-hybridized carbons (Fsp3) is 0.263. The van der Waals surface area contributed by atoms with Gasteiger partial charge in [-0.2, -0.15) is 0 Å². The summed E-state index contributed by atoms with van der Waals surface area (Å²) in [6, 6.07) is 9.84. The van der Waals surface area contributed by atoms with Crippen LogP contribution in [0.1, 0.15) is 15.4 Å². The van der Waals surface area contributed by atoms with Crippen LogP contribution in [0.5, 0.6) is 0 Å². The summed E-state index contributed by atoms with van der Waals surface area (Å²) in [5.41, 5.74) is 2.27. The molecule has 0 unspecified atom stereocenters. The van der Waals surface area contributed by atoms with Gasteiger partial charge in [-0.05, 0) is 6.92 Å². The lowest BCUT2D eigenvalue weighted by atomic mass is 10.2. The van der Waals surface area contributed by atoms with Crippen LogP contribution < -0.4 is 10.2 Å². The molecule has 27 heavy (non-hydrogen) atoms. The molecule has 0 bridgehead atoms. The van der Waals surface area contributed by atoms with Gasteiger partial charge >= 0.3 is 0 Å². The first-order valence-electron chi connectivity index (χ1n) is 8.69. The van der Waals surface area contributed by atoms with Crippen LogP contribution >= 0.6 is 11.3 Å². The maximum atomic E-state index is 12.6. The molecule has 1 N–H and O–H groups in total. The first-order chi connectivity index (χ1) is 13.2. The van der Waals surface area contributed by atoms with Gasteiger partial charge in [-0.3, -0.25) is 4.79 Å². The Kier molecular flexibility index (Phi) is 5.08. The van der Waals surface area contributed by atoms with Crippen molar-refractivity contribution in [1.29, 1.82) is 0 Å². The average Bonchev–Trinajstić information content (AvgIpc) is 3.12. The van der Waals surface area contributed by atoms with E-state index in [0.717, 1.165) is 23.7 Å². The number of aryl methyl sites for hydroxylation is 1. The molecule has 7 nitrogen and oxygen atoms in total. The van der Waals surface area contributed by atoms with Crippen molar-refractivity contribution in [1.82, 2.24) is 15.0 Å². The highest BCUT2D eigenvalue weighted by molar-refractivity contribution is 7.17. The molecule has 3 aromatic rings. The molecule has 8 heteroatoms. The van der Waals surface area contributed by atoms with E-state index in [2.05, 4.69) is 25.2 Å². The van der Waals surface area contributed by atoms with Crippen molar-refractivity contribution >= 4 is 28.9 Å². The van der Waals surface area contributed by atoms with Gasteiger partial charge in [-0.1, -0.05) is 30.3 Å². The molecule has 1 aliphatic rings. The van der Waals surface area contributed by atoms with E-state index in [9.17, 15) is 4.79 Å². The average molecular weight is 381 g/mol. The van der Waals surface area contributed by atoms with Crippen LogP contribution in [0.15, 0.2) is 42.7 Å². The Morgan fingerprint density at radius 1 is 1.15 bits per heavy atom. The van der Waals surface area contributed by atoms with Crippen LogP contribution in [0, 0.1) is 6.92 Å². The Bertz CT molecular complexity index is 921. The molecule has 1 aliphatic heterocycles. The largest absolute Gasteiger partial charge is 0.378 e. The number of carbonyl (C=O) groups excluding carboxylic acids is 1. The Morgan fingerprint density at radius 2 is 1.85 bits per heavy atom. The van der Waals surface area contributed by atoms with Gasteiger partial charge in [0.2, 0.25) is 5.95 Å². The Balaban J connectivity index is 1.47. The smallest absolute Gasteiger partial charge is 0.267 e. The number of ether oxygens (including phenoxy) is 1. The van der Waals surface area contributed by atoms with Crippen LogP contribution in [0.2, 0.25) is 0 Å². The standard InChI is InChI=1S/C19H19N5O2S/c1-13-16(27-18(22-13)14-5-3-2-4-6-14)17(25)23-15-11-20-19(21-12-15)24-7-9-26-10-8-24/h2-6,11-12H,7-10H2,1H3,(H,23,25). The predicted octanol–water partition coefficient (Wildman–Crippen LogP) is 3.00. The molecule has 0 aliphatic carbocycles. The zero-order chi connectivity index (χ0) is 18.6. The molecular weight excluding hydrogens is 362 g/mol. The van der Waals surface area contributed by atoms with E-state index in [-0.39, 0.29) is 5.91 Å². The lowest BCUT2D eigenvalue weighted by Gasteiger charge is -2.26. The second kappa shape index (κ2) is 7.81. The molecule has 2 aromatic heterocycles. The molecule has 138 valence electrons. The Hall–Kier alpha value is -2.84. The van der Waals surface area contributed by atoms with E-state index < -0.39 is 0 Å². The number of thiazole rings is 1. The fourth-order valence-corrected chi connectivity index (χ4v) is 3.78. The molecule has 3 heterocycles. The summed E-state index contributed by atoms with van der Waals surface area (Å²) >= 11 is 1.38. The van der Waals surface area contributed by atoms with Crippen LogP contribution in [0.3, 0.4) is 0 Å². The van der Waals surface area contributed by atoms with E-state index in [1.807, 2.05) is 37.3 Å². The molecule has 1 saturated heterocycles. The van der Waals surface area contributed by atoms with Gasteiger partial charge < -0.3 is 15.0 Å². The zero-order valence-electron chi connectivity index (χ0n) is 14.9. The highest BCUT2D eigenvalue weighted by atomic mass is 32.1. The van der Waals surface area contributed by atoms with Crippen molar-refractivity contribution in [2.45, 2.75) is 6.92 Å². The second-order valence-electron chi connectivity index (χ2n) is 6.12. The molecule has 1 aromatic carbocycles. The summed E-state index contributed by atoms with van der Waals surface area (Å²) in [5.74, 6) is 0.450. The number of benzene rings is 1. The first kappa shape index (κ1) is 17.6. The highest BCUT2D eigenvalue weighted by Crippen LogP contribution is 2.28. The van der Waals surface area contributed by atoms with E-state index >= 15 is 0 Å². The van der Waals surface area contributed by atoms with Crippen molar-refractivity contribution in [2.24, 2.45) is 0 Å². The zero-order valence-corrected chi connectivity index (χ0v) is 15.7. The number of rotatable bonds is 4. The van der Waals surface area contributed by atoms with E-state index in [0.29, 0.717) is 35.4 Å². The Labute approximate surface area is 161 Å². The van der Waals surface area contributed by atoms with Gasteiger partial charge in [-0.15, -0.1) is 11.3 Å². The van der Waals surface area contributed by atoms with Crippen molar-refractivity contribution < 1.29 is 9.53 Å². The molecular formula is C19H19N5O2S. The summed E-state index contributed by atoms with van der Waals surface area (Å²) in [7, 11) is 0. The summed E-state index contributed by atoms with van der Waals surface area (Å²) < 4.78 is 5.33. The number of hydrogen-bond donors (Lipinski definition) is 1. The minimum atomic E-state index is -0.199. The number of anilines is 2. The third kappa shape index (κ3) is 3.96. The number of hydrogen-bond acceptors (Lipinski definition) is 7. The normalized spacial score (nSPS) is 14.2. The van der Waals surface area contributed by atoms with E-state index in [1.165, 1.54) is 11.3 Å². The minimum Gasteiger partial charge on any atom is -0.378 e. The topological polar surface area (TPSA) is 80.2 Å². The number of aromatic nitrogens is 3. The summed E-state index contributed by atoms with van der Waals surface area (Å²) in [6.07, 6.45) is 3.26. The van der Waals surface area contributed by atoms with Gasteiger partial charge in [0.25, 0.3) is 5.91 Å². The Morgan fingerprint density at radius 3 is 2.56 bits per heavy atom. The lowest BCUT2D eigenvalue weighted by Crippen LogP contribution is -2.37. The minimum absolute atomic E-state index is 0.199. The number of carbonyl (C=O) groups is 1. The molecule has 0 spiro atoms. The molecule has 1 amide bonds. The fourth-order valence-electron chi connectivity index (χ4n) is 2.81. The number of morpholine rings is 1. The highest BCUT2D eigenvalue weighted by Gasteiger charge is 2.17. The van der Waals surface area contributed by atoms with E-state index in [1.54, 1.807) is 12.4 Å². The van der Waals surface area contributed by atoms with Crippen molar-refractivity contribution in [3.8, 4) is 10.6 Å². The summed E-state index contributed by atoms with van der Waals surface area (Å²) in [6.45, 7) is 4.74. The molecule has 0 atom stereocenters. The summed E-state index contributed by atoms with van der Waals surface area (Å²) in [5, 5.41) is 3.69. The molecule has 0 saturated carbocycles. The lowest BCUT2D eigenvalue weighted by molar-refractivity contribution is 0.102. The maximum absolute atomic E-state index is 12.6. The second-order valence-corrected chi connectivity index (χ2v) is 7.12. The van der Waals surface area contributed by atoms with Gasteiger partial charge in [0.05, 0.1) is 37.0 Å². The molecule has 4 rings (SSSR count). The van der Waals surface area contributed by atoms with Gasteiger partial charge in [-0.25, -0.2) is 15.0 Å². The monoisotopic (exact) mass is 381 g/mol. The van der Waals surface area contributed by atoms with Gasteiger partial charge in [0.1, 0.15) is 9.88 Å². The van der Waals surface area contributed by atoms with Crippen molar-refractivity contribution in [3.63, 3.8) is 0 Å². The third-order valence-corrected chi connectivity index (χ3v) is 5.42. The van der Waals surface area contributed by atoms with Crippen LogP contribution in [0.4, 0.5) is 11.6 Å². The van der Waals surface area contributed by atoms with Crippen molar-refractivity contribution in [2.75, 3.05) is 36.5 Å². The first-order valence-corrected chi connectivity index (χ1v) is 9.51. The van der Waals surface area contributed by atoms with Crippen LogP contribution in [0.25, 0.3) is 10.6 Å². The number of amides is 1. The molecule has 1 fully saturated rings. The molecule has 0 radical (unpaired) electrons. The van der Waals surface area contributed by atoms with Crippen LogP contribution in [-0.4, -0.2) is 47.2 Å².